The lowest BCUT2D eigenvalue weighted by Gasteiger charge is -2.13. The van der Waals surface area contributed by atoms with Crippen molar-refractivity contribution in [1.82, 2.24) is 0 Å². The van der Waals surface area contributed by atoms with Gasteiger partial charge in [0, 0.05) is 52.2 Å². The minimum absolute atomic E-state index is 0.00287. The van der Waals surface area contributed by atoms with Gasteiger partial charge < -0.3 is 112 Å². The summed E-state index contributed by atoms with van der Waals surface area (Å²) in [6.45, 7) is 21.3. The maximum absolute atomic E-state index is 12.7. The Morgan fingerprint density at radius 3 is 1.36 bits per heavy atom. The summed E-state index contributed by atoms with van der Waals surface area (Å²) >= 11 is 31.7. The quantitative estimate of drug-likeness (QED) is 0.0184. The molecule has 0 saturated carbocycles. The minimum atomic E-state index is -1.66. The fourth-order valence-corrected chi connectivity index (χ4v) is 11.0. The summed E-state index contributed by atoms with van der Waals surface area (Å²) in [5.74, 6) is -7.39. The molecule has 0 aliphatic rings. The van der Waals surface area contributed by atoms with Crippen molar-refractivity contribution in [3.63, 3.8) is 0 Å². The molecule has 0 amide bonds. The van der Waals surface area contributed by atoms with E-state index in [1.54, 1.807) is 52.0 Å². The van der Waals surface area contributed by atoms with Crippen molar-refractivity contribution >= 4 is 163 Å². The van der Waals surface area contributed by atoms with E-state index in [4.69, 9.17) is 123 Å². The molecule has 9 aromatic carbocycles. The summed E-state index contributed by atoms with van der Waals surface area (Å²) in [5.41, 5.74) is 57.2. The first-order valence-corrected chi connectivity index (χ1v) is 34.3. The normalized spacial score (nSPS) is 10.1. The van der Waals surface area contributed by atoms with Gasteiger partial charge in [-0.15, -0.1) is 0 Å². The average Bonchev–Trinajstić information content (AvgIpc) is 0.800. The van der Waals surface area contributed by atoms with Gasteiger partial charge in [0.25, 0.3) is 5.75 Å². The summed E-state index contributed by atoms with van der Waals surface area (Å²) in [6, 6.07) is 12.4. The number of nitro benzene ring substituents is 2. The van der Waals surface area contributed by atoms with Crippen LogP contribution in [0.25, 0.3) is 0 Å². The third kappa shape index (κ3) is 24.8. The molecule has 0 spiro atoms. The number of nitrogen functional groups attached to an aromatic ring is 9. The smallest absolute Gasteiger partial charge is 0.339 e. The molecule has 0 heterocycles. The van der Waals surface area contributed by atoms with Crippen LogP contribution in [0, 0.1) is 113 Å². The number of anilines is 9. The van der Waals surface area contributed by atoms with Crippen LogP contribution in [0.2, 0.25) is 20.1 Å². The van der Waals surface area contributed by atoms with Crippen molar-refractivity contribution in [2.75, 3.05) is 65.8 Å². The maximum Gasteiger partial charge on any atom is 0.339 e. The number of phenols is 9. The van der Waals surface area contributed by atoms with Crippen LogP contribution in [0.1, 0.15) is 91.3 Å². The molecule has 0 aromatic heterocycles. The lowest BCUT2D eigenvalue weighted by Crippen LogP contribution is -2.04. The molecule has 28 N–H and O–H groups in total. The van der Waals surface area contributed by atoms with Gasteiger partial charge in [-0.25, -0.2) is 18.0 Å². The number of aryl methyl sites for hydroxylation is 3. The summed E-state index contributed by atoms with van der Waals surface area (Å²) < 4.78 is 61.5. The number of carboxylic acid groups (broad SMARTS) is 1. The topological polar surface area (TPSA) is 558 Å². The van der Waals surface area contributed by atoms with Crippen molar-refractivity contribution < 1.29 is 92.7 Å². The number of aromatic carboxylic acids is 1. The molecule has 39 heteroatoms. The van der Waals surface area contributed by atoms with Crippen molar-refractivity contribution in [3.8, 4) is 63.2 Å². The predicted octanol–water partition coefficient (Wildman–Crippen LogP) is 18.0. The Bertz CT molecular complexity index is 4390. The van der Waals surface area contributed by atoms with Crippen LogP contribution < -0.4 is 61.1 Å². The van der Waals surface area contributed by atoms with Gasteiger partial charge in [-0.2, -0.15) is 4.39 Å². The molecule has 0 atom stereocenters. The van der Waals surface area contributed by atoms with Crippen LogP contribution in [-0.2, 0) is 0 Å². The van der Waals surface area contributed by atoms with E-state index in [1.807, 2.05) is 54.5 Å². The molecule has 594 valence electrons. The minimum Gasteiger partial charge on any atom is -0.507 e. The first-order valence-electron chi connectivity index (χ1n) is 30.4. The first kappa shape index (κ1) is 96.6. The molecule has 0 radical (unpaired) electrons. The van der Waals surface area contributed by atoms with E-state index >= 15 is 0 Å². The number of carbonyl (C=O) groups is 1. The van der Waals surface area contributed by atoms with E-state index < -0.39 is 78.4 Å². The number of phenolic OH excluding ortho intramolecular Hbond substituents is 8. The highest BCUT2D eigenvalue weighted by Crippen LogP contribution is 2.45. The molecule has 0 unspecified atom stereocenters. The van der Waals surface area contributed by atoms with Crippen molar-refractivity contribution in [2.45, 2.75) is 89.0 Å². The van der Waals surface area contributed by atoms with Gasteiger partial charge >= 0.3 is 17.3 Å². The highest BCUT2D eigenvalue weighted by molar-refractivity contribution is 9.11. The van der Waals surface area contributed by atoms with E-state index in [0.29, 0.717) is 93.2 Å². The Kier molecular flexibility index (Phi) is 37.0. The maximum atomic E-state index is 12.7. The summed E-state index contributed by atoms with van der Waals surface area (Å²) in [6.07, 6.45) is 0. The van der Waals surface area contributed by atoms with Crippen molar-refractivity contribution in [1.29, 1.82) is 0 Å². The number of hydrogen-bond acceptors (Lipinski definition) is 25. The zero-order valence-corrected chi connectivity index (χ0v) is 68.1. The molecule has 0 bridgehead atoms. The van der Waals surface area contributed by atoms with Crippen LogP contribution in [0.4, 0.5) is 80.1 Å². The standard InChI is InChI=1S/C10H14BrNO.C9H13NO3.C9H11NO3.C9H13NO.C7H7Br2NO.C7H7Cl2NO.C7H7N3O5.C6H4Cl2FNO.C6H4F3NO/c1-5(2)7-4-8(12)6(3)9(11)10(7)13;1-5-8(11)7(12-2)4-6(10)9(5)13-3;1-4-3-6(10)5(2)7(8(4)11)9(12)13;1-5-4-8(10)6(2)7(3)9(5)11;1-3-5(10)2-4(8)7(11)6(3)9;1-3-2-4(10)5(8)6(9)7(3)11;1-3-4(8)2-5(9(12)13)7(11)6(3)10(14)15;7-2-1-3(10)5(9)4(8)6(2)11;7-2-1-3(10)4(8)5(9)6(2)11/h4-5,13H,12H2,1-3H3;4,11H,10H2,1-3H3;3,11H,10H2,1-2H3,(H,12,13);4,11H,10H2,1-3H3;2*2,11H,10H2,1H3;2,11H,8H2,1H3;2*1,11H,10H2. The van der Waals surface area contributed by atoms with Gasteiger partial charge in [0.05, 0.1) is 75.8 Å². The van der Waals surface area contributed by atoms with Gasteiger partial charge in [0.1, 0.15) is 50.1 Å². The SMILES string of the molecule is COc1cc(N)c(OC)c(C)c1O.Cc1c(N)cc(Br)c(O)c1Br.Cc1c(N)cc(C(C)C)c(O)c1Br.Cc1c(N)cc([N+](=O)[O-])c(O)c1[N+](=O)[O-].Cc1cc(N)c(C)c(C(=O)O)c1O.Cc1cc(N)c(C)c(C)c1O.Cc1cc(N)c(Cl)c(Cl)c1O.Nc1cc(Cl)c(O)c(Cl)c1F.Nc1cc(F)c(O)c(F)c1F. The zero-order valence-electron chi connectivity index (χ0n) is 60.4. The fraction of sp³-hybridized carbons (Fsp3) is 0.214. The van der Waals surface area contributed by atoms with E-state index in [2.05, 4.69) is 47.8 Å². The average molecular weight is 1800 g/mol. The van der Waals surface area contributed by atoms with Crippen LogP contribution in [-0.4, -0.2) is 81.1 Å². The molecule has 0 aliphatic carbocycles. The highest BCUT2D eigenvalue weighted by atomic mass is 79.9. The van der Waals surface area contributed by atoms with Gasteiger partial charge in [-0.1, -0.05) is 60.3 Å². The number of rotatable bonds is 6. The summed E-state index contributed by atoms with van der Waals surface area (Å²) in [7, 11) is 2.98. The predicted molar refractivity (Wildman–Crippen MR) is 430 cm³/mol. The molecular weight excluding hydrogens is 1720 g/mol. The Morgan fingerprint density at radius 2 is 0.881 bits per heavy atom. The fourth-order valence-electron chi connectivity index (χ4n) is 8.54. The highest BCUT2D eigenvalue weighted by Gasteiger charge is 2.29. The third-order valence-corrected chi connectivity index (χ3v) is 19.4. The monoisotopic (exact) mass is 1800 g/mol. The van der Waals surface area contributed by atoms with Gasteiger partial charge in [0.15, 0.2) is 40.4 Å². The van der Waals surface area contributed by atoms with Crippen molar-refractivity contribution in [2.24, 2.45) is 0 Å². The number of methoxy groups -OCH3 is 2. The van der Waals surface area contributed by atoms with E-state index in [-0.39, 0.29) is 66.5 Å². The van der Waals surface area contributed by atoms with E-state index in [0.717, 1.165) is 51.2 Å². The third-order valence-electron chi connectivity index (χ3n) is 15.3. The Morgan fingerprint density at radius 1 is 0.431 bits per heavy atom. The molecular formula is C70H80Br3Cl4F4N11O17. The number of ether oxygens (including phenoxy) is 2. The second-order valence-electron chi connectivity index (χ2n) is 23.2. The van der Waals surface area contributed by atoms with Crippen LogP contribution >= 0.6 is 94.2 Å². The van der Waals surface area contributed by atoms with E-state index in [1.165, 1.54) is 27.2 Å². The number of benzene rings is 9. The first-order chi connectivity index (χ1) is 50.0. The van der Waals surface area contributed by atoms with Gasteiger partial charge in [-0.3, -0.25) is 20.2 Å². The van der Waals surface area contributed by atoms with Crippen LogP contribution in [0.3, 0.4) is 0 Å². The second kappa shape index (κ2) is 41.8. The van der Waals surface area contributed by atoms with Crippen LogP contribution in [0.15, 0.2) is 68.0 Å². The Balaban J connectivity index is 0.000000614. The number of halogens is 11. The van der Waals surface area contributed by atoms with Crippen molar-refractivity contribution in [3.05, 3.63) is 198 Å². The Labute approximate surface area is 667 Å². The van der Waals surface area contributed by atoms with E-state index in [9.17, 15) is 78.3 Å². The number of aromatic hydroxyl groups is 9. The molecule has 28 nitrogen and oxygen atoms in total. The molecule has 9 rings (SSSR count). The van der Waals surface area contributed by atoms with Gasteiger partial charge in [-0.05, 0) is 209 Å². The molecule has 0 saturated heterocycles. The molecule has 0 aliphatic heterocycles. The molecule has 0 fully saturated rings. The number of nitrogens with zero attached hydrogens (tertiary/aromatic N) is 2. The largest absolute Gasteiger partial charge is 0.507 e. The second-order valence-corrected chi connectivity index (χ2v) is 27.1. The number of nitrogens with two attached hydrogens (primary N) is 9. The zero-order chi connectivity index (χ0) is 85.1. The van der Waals surface area contributed by atoms with Crippen LogP contribution in [0.5, 0.6) is 63.2 Å². The lowest BCUT2D eigenvalue weighted by atomic mass is 9.99. The summed E-state index contributed by atoms with van der Waals surface area (Å²) in [5, 5.41) is 113. The number of nitro groups is 2. The molecule has 9 aromatic rings. The lowest BCUT2D eigenvalue weighted by molar-refractivity contribution is -0.396. The number of hydrogen-bond donors (Lipinski definition) is 19. The Hall–Kier alpha value is -10.4. The summed E-state index contributed by atoms with van der Waals surface area (Å²) in [4.78, 5) is 29.9. The number of carboxylic acids is 1. The van der Waals surface area contributed by atoms with Gasteiger partial charge in [0.2, 0.25) is 5.82 Å². The molecule has 109 heavy (non-hydrogen) atoms.